The Hall–Kier alpha value is -3.38. The molecule has 0 saturated heterocycles. The lowest BCUT2D eigenvalue weighted by Crippen LogP contribution is -2.07. The van der Waals surface area contributed by atoms with E-state index in [2.05, 4.69) is 17.2 Å². The molecule has 3 rings (SSSR count). The quantitative estimate of drug-likeness (QED) is 0.638. The number of methoxy groups -OCH3 is 1. The Morgan fingerprint density at radius 2 is 2.09 bits per heavy atom. The van der Waals surface area contributed by atoms with Gasteiger partial charge in [-0.3, -0.25) is 4.79 Å². The van der Waals surface area contributed by atoms with Gasteiger partial charge in [-0.1, -0.05) is 0 Å². The van der Waals surface area contributed by atoms with Gasteiger partial charge in [0, 0.05) is 11.1 Å². The number of rotatable bonds is 3. The van der Waals surface area contributed by atoms with Crippen LogP contribution in [0, 0.1) is 22.8 Å². The SMILES string of the molecule is COc1cnc(C#N)c(-c2cc(C=O)cc3c2CN(C#N)C3)c1. The van der Waals surface area contributed by atoms with E-state index in [1.54, 1.807) is 23.1 Å². The molecule has 1 aromatic carbocycles. The van der Waals surface area contributed by atoms with Crippen LogP contribution in [0.5, 0.6) is 5.75 Å². The van der Waals surface area contributed by atoms with Gasteiger partial charge in [-0.05, 0) is 34.9 Å². The zero-order chi connectivity index (χ0) is 16.4. The summed E-state index contributed by atoms with van der Waals surface area (Å²) in [6, 6.07) is 7.30. The smallest absolute Gasteiger partial charge is 0.179 e. The van der Waals surface area contributed by atoms with Crippen LogP contribution < -0.4 is 4.74 Å². The monoisotopic (exact) mass is 304 g/mol. The molecule has 0 radical (unpaired) electrons. The predicted molar refractivity (Wildman–Crippen MR) is 81.2 cm³/mol. The van der Waals surface area contributed by atoms with Gasteiger partial charge in [0.15, 0.2) is 6.19 Å². The summed E-state index contributed by atoms with van der Waals surface area (Å²) in [6.07, 6.45) is 4.36. The molecule has 1 aromatic heterocycles. The highest BCUT2D eigenvalue weighted by atomic mass is 16.5. The lowest BCUT2D eigenvalue weighted by Gasteiger charge is -2.12. The molecule has 0 unspecified atom stereocenters. The van der Waals surface area contributed by atoms with E-state index in [4.69, 9.17) is 10.00 Å². The standard InChI is InChI=1S/C17H12N4O2/c1-23-13-4-15(17(5-18)20-6-13)14-3-11(9-22)2-12-7-21(10-19)8-16(12)14/h2-4,6,9H,7-8H2,1H3. The van der Waals surface area contributed by atoms with Gasteiger partial charge in [0.2, 0.25) is 0 Å². The van der Waals surface area contributed by atoms with Crippen molar-refractivity contribution >= 4 is 6.29 Å². The molecule has 0 aliphatic carbocycles. The summed E-state index contributed by atoms with van der Waals surface area (Å²) in [7, 11) is 1.52. The Labute approximate surface area is 133 Å². The van der Waals surface area contributed by atoms with Gasteiger partial charge < -0.3 is 9.64 Å². The number of benzene rings is 1. The summed E-state index contributed by atoms with van der Waals surface area (Å²) in [5.41, 5.74) is 3.95. The molecule has 6 nitrogen and oxygen atoms in total. The summed E-state index contributed by atoms with van der Waals surface area (Å²) < 4.78 is 5.19. The van der Waals surface area contributed by atoms with Crippen LogP contribution in [0.3, 0.4) is 0 Å². The van der Waals surface area contributed by atoms with Crippen molar-refractivity contribution in [1.82, 2.24) is 9.88 Å². The number of hydrogen-bond donors (Lipinski definition) is 0. The number of nitrogens with zero attached hydrogens (tertiary/aromatic N) is 4. The third-order valence-electron chi connectivity index (χ3n) is 3.85. The van der Waals surface area contributed by atoms with E-state index >= 15 is 0 Å². The van der Waals surface area contributed by atoms with Crippen molar-refractivity contribution in [3.8, 4) is 29.1 Å². The van der Waals surface area contributed by atoms with Gasteiger partial charge in [-0.2, -0.15) is 10.5 Å². The molecular formula is C17H12N4O2. The van der Waals surface area contributed by atoms with Gasteiger partial charge in [0.05, 0.1) is 26.4 Å². The zero-order valence-corrected chi connectivity index (χ0v) is 12.4. The number of aldehydes is 1. The highest BCUT2D eigenvalue weighted by Crippen LogP contribution is 2.35. The first-order chi connectivity index (χ1) is 11.2. The third-order valence-corrected chi connectivity index (χ3v) is 3.85. The number of hydrogen-bond acceptors (Lipinski definition) is 6. The molecule has 0 atom stereocenters. The second-order valence-electron chi connectivity index (χ2n) is 5.16. The lowest BCUT2D eigenvalue weighted by molar-refractivity contribution is 0.112. The first kappa shape index (κ1) is 14.6. The van der Waals surface area contributed by atoms with Gasteiger partial charge in [0.25, 0.3) is 0 Å². The Kier molecular flexibility index (Phi) is 3.66. The Morgan fingerprint density at radius 3 is 2.74 bits per heavy atom. The maximum absolute atomic E-state index is 11.2. The maximum Gasteiger partial charge on any atom is 0.179 e. The van der Waals surface area contributed by atoms with Crippen molar-refractivity contribution in [2.24, 2.45) is 0 Å². The van der Waals surface area contributed by atoms with Gasteiger partial charge in [-0.25, -0.2) is 4.98 Å². The highest BCUT2D eigenvalue weighted by Gasteiger charge is 2.24. The van der Waals surface area contributed by atoms with E-state index in [1.807, 2.05) is 0 Å². The minimum Gasteiger partial charge on any atom is -0.495 e. The van der Waals surface area contributed by atoms with E-state index in [0.717, 1.165) is 23.0 Å². The highest BCUT2D eigenvalue weighted by molar-refractivity contribution is 5.83. The number of carbonyl (C=O) groups excluding carboxylic acids is 1. The molecule has 0 fully saturated rings. The summed E-state index contributed by atoms with van der Waals surface area (Å²) in [6.45, 7) is 0.905. The van der Waals surface area contributed by atoms with Crippen molar-refractivity contribution in [3.63, 3.8) is 0 Å². The number of carbonyl (C=O) groups is 1. The topological polar surface area (TPSA) is 90.0 Å². The van der Waals surface area contributed by atoms with Crippen LogP contribution in [-0.2, 0) is 13.1 Å². The second kappa shape index (κ2) is 5.78. The van der Waals surface area contributed by atoms with E-state index in [0.29, 0.717) is 30.0 Å². The van der Waals surface area contributed by atoms with Crippen LogP contribution >= 0.6 is 0 Å². The molecule has 2 aromatic rings. The molecule has 0 bridgehead atoms. The number of aromatic nitrogens is 1. The molecular weight excluding hydrogens is 292 g/mol. The Morgan fingerprint density at radius 1 is 1.26 bits per heavy atom. The van der Waals surface area contributed by atoms with E-state index in [1.165, 1.54) is 13.3 Å². The van der Waals surface area contributed by atoms with Crippen molar-refractivity contribution in [1.29, 1.82) is 10.5 Å². The van der Waals surface area contributed by atoms with Crippen LogP contribution in [-0.4, -0.2) is 23.3 Å². The van der Waals surface area contributed by atoms with Crippen LogP contribution in [0.4, 0.5) is 0 Å². The summed E-state index contributed by atoms with van der Waals surface area (Å²) >= 11 is 0. The average molecular weight is 304 g/mol. The van der Waals surface area contributed by atoms with Crippen LogP contribution in [0.25, 0.3) is 11.1 Å². The number of fused-ring (bicyclic) bond motifs is 1. The van der Waals surface area contributed by atoms with E-state index < -0.39 is 0 Å². The molecule has 23 heavy (non-hydrogen) atoms. The molecule has 112 valence electrons. The normalized spacial score (nSPS) is 12.2. The Bertz CT molecular complexity index is 877. The Balaban J connectivity index is 2.26. The van der Waals surface area contributed by atoms with E-state index in [-0.39, 0.29) is 5.69 Å². The van der Waals surface area contributed by atoms with Crippen LogP contribution in [0.1, 0.15) is 27.2 Å². The van der Waals surface area contributed by atoms with Crippen molar-refractivity contribution in [2.45, 2.75) is 13.1 Å². The summed E-state index contributed by atoms with van der Waals surface area (Å²) in [5.74, 6) is 0.527. The molecule has 0 saturated carbocycles. The fraction of sp³-hybridized carbons (Fsp3) is 0.176. The van der Waals surface area contributed by atoms with Crippen LogP contribution in [0.15, 0.2) is 24.4 Å². The number of ether oxygens (including phenoxy) is 1. The van der Waals surface area contributed by atoms with Crippen molar-refractivity contribution in [3.05, 3.63) is 46.8 Å². The summed E-state index contributed by atoms with van der Waals surface area (Å²) in [5, 5.41) is 18.5. The molecule has 1 aliphatic heterocycles. The van der Waals surface area contributed by atoms with E-state index in [9.17, 15) is 10.1 Å². The van der Waals surface area contributed by atoms with Gasteiger partial charge in [0.1, 0.15) is 23.8 Å². The molecule has 2 heterocycles. The zero-order valence-electron chi connectivity index (χ0n) is 12.4. The minimum absolute atomic E-state index is 0.256. The first-order valence-electron chi connectivity index (χ1n) is 6.90. The lowest BCUT2D eigenvalue weighted by atomic mass is 9.94. The second-order valence-corrected chi connectivity index (χ2v) is 5.16. The molecule has 1 aliphatic rings. The fourth-order valence-corrected chi connectivity index (χ4v) is 2.77. The fourth-order valence-electron chi connectivity index (χ4n) is 2.77. The molecule has 0 amide bonds. The van der Waals surface area contributed by atoms with Crippen molar-refractivity contribution < 1.29 is 9.53 Å². The average Bonchev–Trinajstić information content (AvgIpc) is 3.03. The number of nitriles is 2. The summed E-state index contributed by atoms with van der Waals surface area (Å²) in [4.78, 5) is 16.9. The predicted octanol–water partition coefficient (Wildman–Crippen LogP) is 2.24. The van der Waals surface area contributed by atoms with Crippen LogP contribution in [0.2, 0.25) is 0 Å². The molecule has 6 heteroatoms. The largest absolute Gasteiger partial charge is 0.495 e. The number of pyridine rings is 1. The molecule has 0 spiro atoms. The third kappa shape index (κ3) is 2.47. The van der Waals surface area contributed by atoms with Gasteiger partial charge in [-0.15, -0.1) is 0 Å². The van der Waals surface area contributed by atoms with Crippen molar-refractivity contribution in [2.75, 3.05) is 7.11 Å². The maximum atomic E-state index is 11.2. The molecule has 0 N–H and O–H groups in total. The minimum atomic E-state index is 0.256. The van der Waals surface area contributed by atoms with Gasteiger partial charge >= 0.3 is 0 Å². The first-order valence-corrected chi connectivity index (χ1v) is 6.90.